The van der Waals surface area contributed by atoms with Gasteiger partial charge >= 0.3 is 0 Å². The molecule has 0 saturated carbocycles. The summed E-state index contributed by atoms with van der Waals surface area (Å²) in [6.07, 6.45) is 3.38. The highest BCUT2D eigenvalue weighted by atomic mass is 79.9. The molecule has 0 amide bonds. The Kier molecular flexibility index (Phi) is 4.85. The lowest BCUT2D eigenvalue weighted by molar-refractivity contribution is 0.851. The Balaban J connectivity index is 2.83. The van der Waals surface area contributed by atoms with Gasteiger partial charge in [-0.2, -0.15) is 0 Å². The number of hydrogen-bond acceptors (Lipinski definition) is 2. The Morgan fingerprint density at radius 3 is 2.79 bits per heavy atom. The molecule has 0 bridgehead atoms. The second kappa shape index (κ2) is 5.69. The average Bonchev–Trinajstić information content (AvgIpc) is 2.45. The molecule has 0 aliphatic rings. The Morgan fingerprint density at radius 1 is 1.64 bits per heavy atom. The normalized spacial score (nSPS) is 12.1. The molecule has 1 heterocycles. The van der Waals surface area contributed by atoms with Gasteiger partial charge in [-0.3, -0.25) is 0 Å². The quantitative estimate of drug-likeness (QED) is 0.879. The lowest BCUT2D eigenvalue weighted by atomic mass is 10.2. The van der Waals surface area contributed by atoms with Crippen LogP contribution in [0.2, 0.25) is 0 Å². The summed E-state index contributed by atoms with van der Waals surface area (Å²) < 4.78 is 1.22. The summed E-state index contributed by atoms with van der Waals surface area (Å²) in [5.41, 5.74) is 1.45. The monoisotopic (exact) mass is 273 g/mol. The molecule has 78 valence electrons. The van der Waals surface area contributed by atoms with Gasteiger partial charge in [0.15, 0.2) is 0 Å². The first-order chi connectivity index (χ1) is 6.67. The summed E-state index contributed by atoms with van der Waals surface area (Å²) in [7, 11) is 1.99. The molecule has 0 unspecified atom stereocenters. The van der Waals surface area contributed by atoms with Crippen molar-refractivity contribution >= 4 is 33.3 Å². The molecule has 14 heavy (non-hydrogen) atoms. The Bertz CT molecular complexity index is 309. The van der Waals surface area contributed by atoms with E-state index in [0.29, 0.717) is 0 Å². The minimum Gasteiger partial charge on any atom is -0.316 e. The summed E-state index contributed by atoms with van der Waals surface area (Å²) in [5.74, 6) is 0. The molecule has 0 aromatic carbocycles. The van der Waals surface area contributed by atoms with Crippen LogP contribution in [0.15, 0.2) is 16.1 Å². The Labute approximate surface area is 98.4 Å². The molecule has 1 nitrogen and oxygen atoms in total. The van der Waals surface area contributed by atoms with Gasteiger partial charge in [0.05, 0.1) is 0 Å². The molecule has 0 spiro atoms. The average molecular weight is 274 g/mol. The van der Waals surface area contributed by atoms with Crippen molar-refractivity contribution in [2.45, 2.75) is 20.3 Å². The molecule has 3 heteroatoms. The summed E-state index contributed by atoms with van der Waals surface area (Å²) in [6.45, 7) is 5.31. The first kappa shape index (κ1) is 12.0. The number of likely N-dealkylation sites (N-methyl/N-ethyl adjacent to an activating group) is 1. The molecule has 1 aromatic rings. The van der Waals surface area contributed by atoms with Gasteiger partial charge < -0.3 is 5.32 Å². The van der Waals surface area contributed by atoms with Gasteiger partial charge in [0.25, 0.3) is 0 Å². The van der Waals surface area contributed by atoms with E-state index in [4.69, 9.17) is 0 Å². The van der Waals surface area contributed by atoms with Gasteiger partial charge in [0.1, 0.15) is 0 Å². The minimum absolute atomic E-state index is 0.977. The highest BCUT2D eigenvalue weighted by Crippen LogP contribution is 2.28. The van der Waals surface area contributed by atoms with Crippen molar-refractivity contribution in [2.75, 3.05) is 13.6 Å². The molecular weight excluding hydrogens is 258 g/mol. The number of nitrogens with one attached hydrogen (secondary N) is 1. The molecule has 0 fully saturated rings. The van der Waals surface area contributed by atoms with E-state index >= 15 is 0 Å². The predicted octanol–water partition coefficient (Wildman–Crippen LogP) is 3.83. The molecular formula is C11H16BrNS. The van der Waals surface area contributed by atoms with Crippen molar-refractivity contribution in [3.63, 3.8) is 0 Å². The van der Waals surface area contributed by atoms with Gasteiger partial charge in [-0.1, -0.05) is 12.5 Å². The third-order valence-corrected chi connectivity index (χ3v) is 4.16. The van der Waals surface area contributed by atoms with Crippen molar-refractivity contribution in [1.82, 2.24) is 5.32 Å². The topological polar surface area (TPSA) is 12.0 Å². The van der Waals surface area contributed by atoms with Crippen LogP contribution < -0.4 is 5.32 Å². The van der Waals surface area contributed by atoms with Crippen LogP contribution in [-0.2, 0) is 0 Å². The molecule has 0 saturated heterocycles. The maximum Gasteiger partial charge on any atom is 0.0317 e. The lowest BCUT2D eigenvalue weighted by Gasteiger charge is -2.01. The van der Waals surface area contributed by atoms with Crippen LogP contribution in [0.4, 0.5) is 0 Å². The molecule has 1 N–H and O–H groups in total. The Morgan fingerprint density at radius 2 is 2.36 bits per heavy atom. The van der Waals surface area contributed by atoms with Crippen LogP contribution in [0.1, 0.15) is 23.1 Å². The van der Waals surface area contributed by atoms with E-state index in [9.17, 15) is 0 Å². The van der Waals surface area contributed by atoms with E-state index in [0.717, 1.165) is 13.0 Å². The second-order valence-corrected chi connectivity index (χ2v) is 5.38. The Hall–Kier alpha value is -0.120. The fraction of sp³-hybridized carbons (Fsp3) is 0.455. The van der Waals surface area contributed by atoms with Gasteiger partial charge in [-0.25, -0.2) is 0 Å². The van der Waals surface area contributed by atoms with E-state index in [1.807, 2.05) is 18.4 Å². The molecule has 0 aliphatic heterocycles. The van der Waals surface area contributed by atoms with Crippen molar-refractivity contribution in [1.29, 1.82) is 0 Å². The highest BCUT2D eigenvalue weighted by molar-refractivity contribution is 9.10. The van der Waals surface area contributed by atoms with Crippen molar-refractivity contribution in [2.24, 2.45) is 0 Å². The number of aryl methyl sites for hydroxylation is 1. The lowest BCUT2D eigenvalue weighted by Crippen LogP contribution is -2.09. The SMILES string of the molecule is CCC(=Cc1cc(Br)c(C)s1)CNC. The van der Waals surface area contributed by atoms with E-state index in [2.05, 4.69) is 47.2 Å². The molecule has 1 aromatic heterocycles. The first-order valence-electron chi connectivity index (χ1n) is 4.77. The standard InChI is InChI=1S/C11H16BrNS/c1-4-9(7-13-3)5-10-6-11(12)8(2)14-10/h5-6,13H,4,7H2,1-3H3. The summed E-state index contributed by atoms with van der Waals surface area (Å²) in [5, 5.41) is 3.19. The minimum atomic E-state index is 0.977. The smallest absolute Gasteiger partial charge is 0.0317 e. The number of hydrogen-bond donors (Lipinski definition) is 1. The maximum absolute atomic E-state index is 3.53. The molecule has 1 rings (SSSR count). The van der Waals surface area contributed by atoms with Crippen LogP contribution in [-0.4, -0.2) is 13.6 Å². The second-order valence-electron chi connectivity index (χ2n) is 3.24. The van der Waals surface area contributed by atoms with Crippen molar-refractivity contribution in [3.05, 3.63) is 25.9 Å². The predicted molar refractivity (Wildman–Crippen MR) is 69.0 cm³/mol. The largest absolute Gasteiger partial charge is 0.316 e. The van der Waals surface area contributed by atoms with Gasteiger partial charge in [0, 0.05) is 20.8 Å². The summed E-state index contributed by atoms with van der Waals surface area (Å²) in [4.78, 5) is 2.68. The zero-order valence-electron chi connectivity index (χ0n) is 8.86. The maximum atomic E-state index is 3.53. The summed E-state index contributed by atoms with van der Waals surface area (Å²) >= 11 is 5.37. The van der Waals surface area contributed by atoms with Gasteiger partial charge in [-0.15, -0.1) is 11.3 Å². The van der Waals surface area contributed by atoms with Crippen molar-refractivity contribution in [3.8, 4) is 0 Å². The number of thiophene rings is 1. The van der Waals surface area contributed by atoms with Gasteiger partial charge in [-0.05, 0) is 48.5 Å². The summed E-state index contributed by atoms with van der Waals surface area (Å²) in [6, 6.07) is 2.19. The highest BCUT2D eigenvalue weighted by Gasteiger charge is 2.01. The first-order valence-corrected chi connectivity index (χ1v) is 6.38. The number of halogens is 1. The molecule has 0 atom stereocenters. The van der Waals surface area contributed by atoms with E-state index < -0.39 is 0 Å². The van der Waals surface area contributed by atoms with E-state index in [-0.39, 0.29) is 0 Å². The van der Waals surface area contributed by atoms with Crippen molar-refractivity contribution < 1.29 is 0 Å². The van der Waals surface area contributed by atoms with E-state index in [1.54, 1.807) is 0 Å². The van der Waals surface area contributed by atoms with Crippen LogP contribution in [0.5, 0.6) is 0 Å². The third-order valence-electron chi connectivity index (χ3n) is 2.08. The van der Waals surface area contributed by atoms with Crippen LogP contribution >= 0.6 is 27.3 Å². The van der Waals surface area contributed by atoms with Gasteiger partial charge in [0.2, 0.25) is 0 Å². The number of rotatable bonds is 4. The third kappa shape index (κ3) is 3.23. The fourth-order valence-electron chi connectivity index (χ4n) is 1.26. The molecule has 0 aliphatic carbocycles. The van der Waals surface area contributed by atoms with Crippen LogP contribution in [0.25, 0.3) is 6.08 Å². The molecule has 0 radical (unpaired) electrons. The zero-order valence-corrected chi connectivity index (χ0v) is 11.3. The zero-order chi connectivity index (χ0) is 10.6. The fourth-order valence-corrected chi connectivity index (χ4v) is 2.81. The van der Waals surface area contributed by atoms with Crippen LogP contribution in [0, 0.1) is 6.92 Å². The van der Waals surface area contributed by atoms with Crippen LogP contribution in [0.3, 0.4) is 0 Å². The van der Waals surface area contributed by atoms with E-state index in [1.165, 1.54) is 19.8 Å².